The molecule has 0 amide bonds. The van der Waals surface area contributed by atoms with Crippen LogP contribution in [0.3, 0.4) is 0 Å². The molecule has 2 aromatic rings. The van der Waals surface area contributed by atoms with Gasteiger partial charge in [-0.25, -0.2) is 9.78 Å². The zero-order valence-electron chi connectivity index (χ0n) is 11.6. The summed E-state index contributed by atoms with van der Waals surface area (Å²) in [4.78, 5) is 24.4. The van der Waals surface area contributed by atoms with Gasteiger partial charge in [-0.05, 0) is 31.2 Å². The largest absolute Gasteiger partial charge is 0.363 e. The number of nitrogens with one attached hydrogen (secondary N) is 1. The third kappa shape index (κ3) is 3.40. The van der Waals surface area contributed by atoms with E-state index < -0.39 is 0 Å². The number of aliphatic imine (C=N–C) groups is 1. The minimum atomic E-state index is 0.528. The van der Waals surface area contributed by atoms with Gasteiger partial charge in [0.15, 0.2) is 0 Å². The molecule has 0 aliphatic carbocycles. The second kappa shape index (κ2) is 5.95. The summed E-state index contributed by atoms with van der Waals surface area (Å²) in [6.07, 6.45) is 1.50. The molecule has 1 aromatic carbocycles. The Kier molecular flexibility index (Phi) is 4.08. The van der Waals surface area contributed by atoms with Crippen LogP contribution in [0.2, 0.25) is 0 Å². The van der Waals surface area contributed by atoms with E-state index in [0.717, 1.165) is 17.2 Å². The van der Waals surface area contributed by atoms with Gasteiger partial charge in [0.1, 0.15) is 5.82 Å². The van der Waals surface area contributed by atoms with Crippen LogP contribution in [0.1, 0.15) is 5.69 Å². The Bertz CT molecular complexity index is 645. The molecule has 0 aliphatic rings. The molecule has 2 rings (SSSR count). The number of benzene rings is 1. The number of anilines is 3. The Hall–Kier alpha value is -2.72. The molecule has 6 nitrogen and oxygen atoms in total. The lowest BCUT2D eigenvalue weighted by atomic mass is 10.3. The van der Waals surface area contributed by atoms with E-state index in [0.29, 0.717) is 11.6 Å². The molecule has 102 valence electrons. The summed E-state index contributed by atoms with van der Waals surface area (Å²) >= 11 is 0. The first-order valence-corrected chi connectivity index (χ1v) is 6.06. The standard InChI is InChI=1S/C14H15N5O/c1-10-8-13(19(2)3)18-14(16-10)17-12-6-4-11(5-7-12)15-9-20/h4-8H,1-3H3,(H,16,17,18). The van der Waals surface area contributed by atoms with E-state index in [1.54, 1.807) is 24.3 Å². The van der Waals surface area contributed by atoms with E-state index in [2.05, 4.69) is 20.3 Å². The lowest BCUT2D eigenvalue weighted by Crippen LogP contribution is -2.12. The maximum absolute atomic E-state index is 10.2. The van der Waals surface area contributed by atoms with Gasteiger partial charge in [-0.3, -0.25) is 0 Å². The Labute approximate surface area is 117 Å². The topological polar surface area (TPSA) is 70.5 Å². The molecule has 20 heavy (non-hydrogen) atoms. The highest BCUT2D eigenvalue weighted by molar-refractivity contribution is 5.59. The van der Waals surface area contributed by atoms with Crippen molar-refractivity contribution in [2.45, 2.75) is 6.92 Å². The van der Waals surface area contributed by atoms with Gasteiger partial charge in [-0.2, -0.15) is 9.98 Å². The third-order valence-electron chi connectivity index (χ3n) is 2.60. The molecule has 0 radical (unpaired) electrons. The fourth-order valence-electron chi connectivity index (χ4n) is 1.64. The summed E-state index contributed by atoms with van der Waals surface area (Å²) in [6, 6.07) is 8.95. The van der Waals surface area contributed by atoms with E-state index >= 15 is 0 Å². The minimum absolute atomic E-state index is 0.528. The number of hydrogen-bond acceptors (Lipinski definition) is 6. The third-order valence-corrected chi connectivity index (χ3v) is 2.60. The number of nitrogens with zero attached hydrogens (tertiary/aromatic N) is 4. The van der Waals surface area contributed by atoms with E-state index in [4.69, 9.17) is 0 Å². The van der Waals surface area contributed by atoms with Crippen molar-refractivity contribution in [1.29, 1.82) is 0 Å². The quantitative estimate of drug-likeness (QED) is 0.682. The molecule has 0 fully saturated rings. The van der Waals surface area contributed by atoms with Crippen LogP contribution >= 0.6 is 0 Å². The fraction of sp³-hybridized carbons (Fsp3) is 0.214. The minimum Gasteiger partial charge on any atom is -0.363 e. The first kappa shape index (κ1) is 13.7. The molecule has 1 N–H and O–H groups in total. The van der Waals surface area contributed by atoms with Crippen molar-refractivity contribution in [3.63, 3.8) is 0 Å². The van der Waals surface area contributed by atoms with Crippen molar-refractivity contribution in [2.75, 3.05) is 24.3 Å². The van der Waals surface area contributed by atoms with Crippen molar-refractivity contribution in [1.82, 2.24) is 9.97 Å². The zero-order valence-corrected chi connectivity index (χ0v) is 11.6. The van der Waals surface area contributed by atoms with Crippen molar-refractivity contribution < 1.29 is 4.79 Å². The molecule has 0 aliphatic heterocycles. The summed E-state index contributed by atoms with van der Waals surface area (Å²) in [5, 5.41) is 3.12. The van der Waals surface area contributed by atoms with Gasteiger partial charge in [0.05, 0.1) is 5.69 Å². The van der Waals surface area contributed by atoms with Gasteiger partial charge in [-0.15, -0.1) is 0 Å². The summed E-state index contributed by atoms with van der Waals surface area (Å²) in [7, 11) is 3.86. The smallest absolute Gasteiger partial charge is 0.240 e. The van der Waals surface area contributed by atoms with Crippen molar-refractivity contribution in [2.24, 2.45) is 4.99 Å². The number of rotatable bonds is 4. The molecule has 1 aromatic heterocycles. The van der Waals surface area contributed by atoms with Crippen molar-refractivity contribution in [3.8, 4) is 0 Å². The maximum atomic E-state index is 10.2. The lowest BCUT2D eigenvalue weighted by molar-refractivity contribution is 0.565. The Morgan fingerprint density at radius 3 is 2.50 bits per heavy atom. The first-order valence-electron chi connectivity index (χ1n) is 6.06. The van der Waals surface area contributed by atoms with Crippen LogP contribution in [0.25, 0.3) is 0 Å². The highest BCUT2D eigenvalue weighted by Gasteiger charge is 2.04. The molecule has 1 heterocycles. The average molecular weight is 269 g/mol. The van der Waals surface area contributed by atoms with Gasteiger partial charge in [0.2, 0.25) is 12.0 Å². The SMILES string of the molecule is Cc1cc(N(C)C)nc(Nc2ccc(N=C=O)cc2)n1. The van der Waals surface area contributed by atoms with Crippen LogP contribution in [0.5, 0.6) is 0 Å². The molecule has 0 atom stereocenters. The highest BCUT2D eigenvalue weighted by Crippen LogP contribution is 2.20. The van der Waals surface area contributed by atoms with Crippen LogP contribution in [0.4, 0.5) is 23.1 Å². The molecule has 0 spiro atoms. The highest BCUT2D eigenvalue weighted by atomic mass is 16.1. The molecule has 0 unspecified atom stereocenters. The molecular formula is C14H15N5O. The van der Waals surface area contributed by atoms with Gasteiger partial charge in [0.25, 0.3) is 0 Å². The van der Waals surface area contributed by atoms with Crippen molar-refractivity contribution >= 4 is 29.2 Å². The monoisotopic (exact) mass is 269 g/mol. The molecular weight excluding hydrogens is 254 g/mol. The summed E-state index contributed by atoms with van der Waals surface area (Å²) in [5.74, 6) is 1.36. The second-order valence-electron chi connectivity index (χ2n) is 4.46. The lowest BCUT2D eigenvalue weighted by Gasteiger charge is -2.13. The number of isocyanates is 1. The fourth-order valence-corrected chi connectivity index (χ4v) is 1.64. The molecule has 0 saturated heterocycles. The van der Waals surface area contributed by atoms with Gasteiger partial charge >= 0.3 is 0 Å². The molecule has 6 heteroatoms. The predicted molar refractivity (Wildman–Crippen MR) is 78.6 cm³/mol. The summed E-state index contributed by atoms with van der Waals surface area (Å²) in [6.45, 7) is 1.92. The predicted octanol–water partition coefficient (Wildman–Crippen LogP) is 2.56. The van der Waals surface area contributed by atoms with E-state index in [1.807, 2.05) is 32.0 Å². The van der Waals surface area contributed by atoms with Gasteiger partial charge < -0.3 is 10.2 Å². The van der Waals surface area contributed by atoms with Crippen LogP contribution < -0.4 is 10.2 Å². The van der Waals surface area contributed by atoms with Crippen LogP contribution in [0, 0.1) is 6.92 Å². The summed E-state index contributed by atoms with van der Waals surface area (Å²) in [5.41, 5.74) is 2.27. The number of aromatic nitrogens is 2. The molecule has 0 saturated carbocycles. The van der Waals surface area contributed by atoms with Crippen LogP contribution in [0.15, 0.2) is 35.3 Å². The van der Waals surface area contributed by atoms with Crippen LogP contribution in [-0.2, 0) is 4.79 Å². The molecule has 0 bridgehead atoms. The average Bonchev–Trinajstić information content (AvgIpc) is 2.40. The maximum Gasteiger partial charge on any atom is 0.240 e. The van der Waals surface area contributed by atoms with Gasteiger partial charge in [0, 0.05) is 31.5 Å². The van der Waals surface area contributed by atoms with E-state index in [1.165, 1.54) is 6.08 Å². The Morgan fingerprint density at radius 1 is 1.20 bits per heavy atom. The zero-order chi connectivity index (χ0) is 14.5. The van der Waals surface area contributed by atoms with Gasteiger partial charge in [-0.1, -0.05) is 0 Å². The number of hydrogen-bond donors (Lipinski definition) is 1. The number of carbonyl (C=O) groups excluding carboxylic acids is 1. The number of aryl methyl sites for hydroxylation is 1. The Morgan fingerprint density at radius 2 is 1.90 bits per heavy atom. The van der Waals surface area contributed by atoms with Crippen LogP contribution in [-0.4, -0.2) is 30.1 Å². The summed E-state index contributed by atoms with van der Waals surface area (Å²) < 4.78 is 0. The normalized spacial score (nSPS) is 9.75. The van der Waals surface area contributed by atoms with Crippen molar-refractivity contribution in [3.05, 3.63) is 36.0 Å². The second-order valence-corrected chi connectivity index (χ2v) is 4.46. The Balaban J connectivity index is 2.23. The van der Waals surface area contributed by atoms with E-state index in [-0.39, 0.29) is 0 Å². The van der Waals surface area contributed by atoms with E-state index in [9.17, 15) is 4.79 Å². The first-order chi connectivity index (χ1) is 9.58.